The Kier molecular flexibility index (Phi) is 4.42. The van der Waals surface area contributed by atoms with Crippen molar-refractivity contribution in [3.63, 3.8) is 0 Å². The summed E-state index contributed by atoms with van der Waals surface area (Å²) < 4.78 is 1.26. The Labute approximate surface area is 178 Å². The highest BCUT2D eigenvalue weighted by atomic mass is 35.5. The molecule has 29 heavy (non-hydrogen) atoms. The van der Waals surface area contributed by atoms with Gasteiger partial charge in [0, 0.05) is 41.2 Å². The number of hydrogen-bond acceptors (Lipinski definition) is 4. The SMILES string of the molecule is Oc1cc(O)n(-c2ccccc2[C@@H]2CN(C3CC3)Cc3c(Cl)cc(Cl)cc32)c1O. The average Bonchev–Trinajstić information content (AvgIpc) is 3.49. The fourth-order valence-corrected chi connectivity index (χ4v) is 4.95. The molecule has 5 rings (SSSR count). The van der Waals surface area contributed by atoms with Gasteiger partial charge >= 0.3 is 0 Å². The molecule has 5 nitrogen and oxygen atoms in total. The van der Waals surface area contributed by atoms with Crippen LogP contribution in [0.5, 0.6) is 17.5 Å². The number of fused-ring (bicyclic) bond motifs is 1. The molecule has 0 spiro atoms. The summed E-state index contributed by atoms with van der Waals surface area (Å²) in [6.07, 6.45) is 2.36. The number of para-hydroxylation sites is 1. The molecule has 0 unspecified atom stereocenters. The molecule has 2 aliphatic rings. The van der Waals surface area contributed by atoms with Crippen LogP contribution in [0.4, 0.5) is 0 Å². The van der Waals surface area contributed by atoms with Gasteiger partial charge in [-0.1, -0.05) is 41.4 Å². The van der Waals surface area contributed by atoms with Crippen molar-refractivity contribution in [2.75, 3.05) is 6.54 Å². The number of nitrogens with zero attached hydrogens (tertiary/aromatic N) is 2. The highest BCUT2D eigenvalue weighted by molar-refractivity contribution is 6.35. The molecule has 3 N–H and O–H groups in total. The number of aromatic hydroxyl groups is 3. The zero-order valence-electron chi connectivity index (χ0n) is 15.5. The van der Waals surface area contributed by atoms with Gasteiger partial charge in [-0.3, -0.25) is 4.90 Å². The zero-order valence-corrected chi connectivity index (χ0v) is 17.0. The fourth-order valence-electron chi connectivity index (χ4n) is 4.38. The minimum Gasteiger partial charge on any atom is -0.503 e. The molecule has 1 fully saturated rings. The largest absolute Gasteiger partial charge is 0.503 e. The summed E-state index contributed by atoms with van der Waals surface area (Å²) in [4.78, 5) is 2.44. The van der Waals surface area contributed by atoms with Crippen molar-refractivity contribution in [1.29, 1.82) is 0 Å². The number of hydrogen-bond donors (Lipinski definition) is 3. The van der Waals surface area contributed by atoms with Crippen LogP contribution in [0, 0.1) is 0 Å². The molecule has 1 atom stereocenters. The highest BCUT2D eigenvalue weighted by Crippen LogP contribution is 2.45. The van der Waals surface area contributed by atoms with Crippen LogP contribution in [-0.4, -0.2) is 37.4 Å². The van der Waals surface area contributed by atoms with Crippen molar-refractivity contribution in [3.8, 4) is 23.2 Å². The van der Waals surface area contributed by atoms with E-state index >= 15 is 0 Å². The summed E-state index contributed by atoms with van der Waals surface area (Å²) in [7, 11) is 0. The summed E-state index contributed by atoms with van der Waals surface area (Å²) in [5.74, 6) is -1.04. The monoisotopic (exact) mass is 430 g/mol. The zero-order chi connectivity index (χ0) is 20.3. The molecule has 0 amide bonds. The molecule has 7 heteroatoms. The smallest absolute Gasteiger partial charge is 0.242 e. The molecular weight excluding hydrogens is 411 g/mol. The van der Waals surface area contributed by atoms with Crippen LogP contribution in [-0.2, 0) is 6.54 Å². The Balaban J connectivity index is 1.70. The Morgan fingerprint density at radius 2 is 1.69 bits per heavy atom. The van der Waals surface area contributed by atoms with Gasteiger partial charge in [0.15, 0.2) is 5.75 Å². The summed E-state index contributed by atoms with van der Waals surface area (Å²) >= 11 is 12.9. The fraction of sp³-hybridized carbons (Fsp3) is 0.273. The molecule has 1 aromatic heterocycles. The van der Waals surface area contributed by atoms with E-state index in [1.165, 1.54) is 17.4 Å². The van der Waals surface area contributed by atoms with E-state index in [0.29, 0.717) is 21.8 Å². The van der Waals surface area contributed by atoms with E-state index in [4.69, 9.17) is 23.2 Å². The van der Waals surface area contributed by atoms with Gasteiger partial charge in [-0.2, -0.15) is 0 Å². The van der Waals surface area contributed by atoms with E-state index in [2.05, 4.69) is 4.90 Å². The predicted octanol–water partition coefficient (Wildman–Crippen LogP) is 5.01. The summed E-state index contributed by atoms with van der Waals surface area (Å²) in [6, 6.07) is 13.0. The standard InChI is InChI=1S/C22H20Cl2N2O3/c23-12-7-15-16(10-25(13-5-6-13)11-17(15)18(24)8-12)14-3-1-2-4-19(14)26-21(28)9-20(27)22(26)29/h1-4,7-9,13,16,27-29H,5-6,10-11H2/t16-/m0/s1. The first-order valence-electron chi connectivity index (χ1n) is 9.58. The third-order valence-electron chi connectivity index (χ3n) is 5.90. The van der Waals surface area contributed by atoms with Crippen LogP contribution in [0.1, 0.15) is 35.4 Å². The van der Waals surface area contributed by atoms with E-state index in [-0.39, 0.29) is 17.5 Å². The second kappa shape index (κ2) is 6.87. The average molecular weight is 431 g/mol. The Hall–Kier alpha value is -2.34. The Morgan fingerprint density at radius 3 is 2.38 bits per heavy atom. The molecule has 1 aliphatic carbocycles. The van der Waals surface area contributed by atoms with Crippen LogP contribution in [0.3, 0.4) is 0 Å². The van der Waals surface area contributed by atoms with Crippen LogP contribution in [0.25, 0.3) is 5.69 Å². The molecule has 1 saturated carbocycles. The predicted molar refractivity (Wildman–Crippen MR) is 113 cm³/mol. The van der Waals surface area contributed by atoms with E-state index in [1.807, 2.05) is 30.3 Å². The van der Waals surface area contributed by atoms with Gasteiger partial charge in [0.1, 0.15) is 0 Å². The molecule has 2 heterocycles. The van der Waals surface area contributed by atoms with Gasteiger partial charge < -0.3 is 15.3 Å². The highest BCUT2D eigenvalue weighted by Gasteiger charge is 2.37. The van der Waals surface area contributed by atoms with Crippen LogP contribution < -0.4 is 0 Å². The van der Waals surface area contributed by atoms with Crippen molar-refractivity contribution in [3.05, 3.63) is 69.2 Å². The molecule has 3 aromatic rings. The summed E-state index contributed by atoms with van der Waals surface area (Å²) in [5.41, 5.74) is 3.64. The van der Waals surface area contributed by atoms with Gasteiger partial charge in [0.2, 0.25) is 11.8 Å². The third kappa shape index (κ3) is 3.14. The van der Waals surface area contributed by atoms with Gasteiger partial charge in [0.25, 0.3) is 0 Å². The van der Waals surface area contributed by atoms with E-state index < -0.39 is 5.88 Å². The second-order valence-electron chi connectivity index (χ2n) is 7.77. The first-order valence-corrected chi connectivity index (χ1v) is 10.3. The van der Waals surface area contributed by atoms with E-state index in [0.717, 1.165) is 35.8 Å². The quantitative estimate of drug-likeness (QED) is 0.545. The first-order chi connectivity index (χ1) is 13.9. The lowest BCUT2D eigenvalue weighted by Crippen LogP contribution is -2.36. The van der Waals surface area contributed by atoms with Crippen molar-refractivity contribution < 1.29 is 15.3 Å². The van der Waals surface area contributed by atoms with Gasteiger partial charge in [-0.25, -0.2) is 4.57 Å². The van der Waals surface area contributed by atoms with Crippen LogP contribution in [0.15, 0.2) is 42.5 Å². The molecule has 0 saturated heterocycles. The number of aromatic nitrogens is 1. The van der Waals surface area contributed by atoms with Gasteiger partial charge in [-0.05, 0) is 47.7 Å². The summed E-state index contributed by atoms with van der Waals surface area (Å²) in [6.45, 7) is 1.58. The Morgan fingerprint density at radius 1 is 0.931 bits per heavy atom. The molecule has 150 valence electrons. The topological polar surface area (TPSA) is 68.9 Å². The third-order valence-corrected chi connectivity index (χ3v) is 6.46. The van der Waals surface area contributed by atoms with Crippen molar-refractivity contribution in [2.24, 2.45) is 0 Å². The minimum absolute atomic E-state index is 0.0462. The molecule has 1 aliphatic heterocycles. The maximum atomic E-state index is 10.3. The van der Waals surface area contributed by atoms with Crippen molar-refractivity contribution in [1.82, 2.24) is 9.47 Å². The molecule has 0 radical (unpaired) electrons. The second-order valence-corrected chi connectivity index (χ2v) is 8.62. The lowest BCUT2D eigenvalue weighted by molar-refractivity contribution is 0.230. The molecule has 2 aromatic carbocycles. The lowest BCUT2D eigenvalue weighted by atomic mass is 9.83. The maximum Gasteiger partial charge on any atom is 0.242 e. The van der Waals surface area contributed by atoms with Crippen molar-refractivity contribution >= 4 is 23.2 Å². The Bertz CT molecular complexity index is 1110. The van der Waals surface area contributed by atoms with Crippen LogP contribution in [0.2, 0.25) is 10.0 Å². The number of rotatable bonds is 3. The minimum atomic E-state index is -0.394. The molecular formula is C22H20Cl2N2O3. The number of halogens is 2. The molecule has 0 bridgehead atoms. The van der Waals surface area contributed by atoms with Crippen molar-refractivity contribution in [2.45, 2.75) is 31.3 Å². The maximum absolute atomic E-state index is 10.3. The van der Waals surface area contributed by atoms with Gasteiger partial charge in [-0.15, -0.1) is 0 Å². The van der Waals surface area contributed by atoms with E-state index in [1.54, 1.807) is 6.07 Å². The lowest BCUT2D eigenvalue weighted by Gasteiger charge is -2.36. The van der Waals surface area contributed by atoms with Crippen LogP contribution >= 0.6 is 23.2 Å². The number of benzene rings is 2. The van der Waals surface area contributed by atoms with E-state index in [9.17, 15) is 15.3 Å². The normalized spacial score (nSPS) is 19.3. The first kappa shape index (κ1) is 18.7. The van der Waals surface area contributed by atoms with Gasteiger partial charge in [0.05, 0.1) is 5.69 Å². The summed E-state index contributed by atoms with van der Waals surface area (Å²) in [5, 5.41) is 31.7.